The fraction of sp³-hybridized carbons (Fsp3) is 0.250. The Bertz CT molecular complexity index is 644. The van der Waals surface area contributed by atoms with Crippen LogP contribution in [0.4, 0.5) is 10.1 Å². The highest BCUT2D eigenvalue weighted by molar-refractivity contribution is 6.33. The van der Waals surface area contributed by atoms with Crippen LogP contribution in [0.25, 0.3) is 0 Å². The van der Waals surface area contributed by atoms with Gasteiger partial charge in [-0.1, -0.05) is 29.3 Å². The zero-order valence-corrected chi connectivity index (χ0v) is 11.9. The van der Waals surface area contributed by atoms with Crippen LogP contribution in [-0.2, 0) is 6.42 Å². The van der Waals surface area contributed by atoms with Crippen molar-refractivity contribution in [1.29, 1.82) is 0 Å². The number of hydrogen-bond acceptors (Lipinski definition) is 2. The quantitative estimate of drug-likeness (QED) is 0.915. The zero-order chi connectivity index (χ0) is 14.1. The lowest BCUT2D eigenvalue weighted by molar-refractivity contribution is 0.246. The molecule has 2 aromatic rings. The van der Waals surface area contributed by atoms with Gasteiger partial charge in [0.05, 0.1) is 17.3 Å². The van der Waals surface area contributed by atoms with Crippen molar-refractivity contribution < 1.29 is 9.13 Å². The number of halogens is 2. The molecule has 4 heteroatoms. The van der Waals surface area contributed by atoms with Crippen molar-refractivity contribution in [2.75, 3.05) is 11.9 Å². The van der Waals surface area contributed by atoms with Crippen LogP contribution in [0.1, 0.15) is 11.1 Å². The molecule has 0 fully saturated rings. The van der Waals surface area contributed by atoms with Crippen molar-refractivity contribution in [2.24, 2.45) is 0 Å². The molecule has 3 rings (SSSR count). The Morgan fingerprint density at radius 1 is 1.30 bits per heavy atom. The average Bonchev–Trinajstić information content (AvgIpc) is 2.81. The molecule has 0 aromatic heterocycles. The minimum Gasteiger partial charge on any atom is -0.488 e. The first kappa shape index (κ1) is 13.3. The maximum absolute atomic E-state index is 13.2. The van der Waals surface area contributed by atoms with E-state index in [2.05, 4.69) is 18.3 Å². The molecule has 0 spiro atoms. The summed E-state index contributed by atoms with van der Waals surface area (Å²) in [5, 5.41) is 3.66. The standard InChI is InChI=1S/C16H15ClFNO/c1-10-2-5-16-11(6-10)7-13(20-16)9-19-15-8-12(18)3-4-14(15)17/h2-6,8,13,19H,7,9H2,1H3. The van der Waals surface area contributed by atoms with E-state index in [-0.39, 0.29) is 11.9 Å². The highest BCUT2D eigenvalue weighted by atomic mass is 35.5. The van der Waals surface area contributed by atoms with Crippen LogP contribution >= 0.6 is 11.6 Å². The molecule has 1 aliphatic rings. The molecule has 0 radical (unpaired) electrons. The van der Waals surface area contributed by atoms with Gasteiger partial charge in [-0.05, 0) is 36.8 Å². The second-order valence-electron chi connectivity index (χ2n) is 5.06. The van der Waals surface area contributed by atoms with Crippen molar-refractivity contribution in [2.45, 2.75) is 19.4 Å². The van der Waals surface area contributed by atoms with E-state index in [1.165, 1.54) is 23.3 Å². The normalized spacial score (nSPS) is 16.6. The average molecular weight is 292 g/mol. The molecular formula is C16H15ClFNO. The molecule has 0 saturated carbocycles. The third-order valence-electron chi connectivity index (χ3n) is 3.41. The van der Waals surface area contributed by atoms with Gasteiger partial charge in [0.25, 0.3) is 0 Å². The minimum absolute atomic E-state index is 0.0473. The van der Waals surface area contributed by atoms with Crippen LogP contribution in [-0.4, -0.2) is 12.6 Å². The lowest BCUT2D eigenvalue weighted by Gasteiger charge is -2.13. The van der Waals surface area contributed by atoms with Crippen molar-refractivity contribution in [3.8, 4) is 5.75 Å². The molecule has 1 N–H and O–H groups in total. The highest BCUT2D eigenvalue weighted by Crippen LogP contribution is 2.30. The largest absolute Gasteiger partial charge is 0.488 e. The van der Waals surface area contributed by atoms with E-state index in [4.69, 9.17) is 16.3 Å². The predicted molar refractivity (Wildman–Crippen MR) is 79.2 cm³/mol. The summed E-state index contributed by atoms with van der Waals surface area (Å²) in [7, 11) is 0. The van der Waals surface area contributed by atoms with Gasteiger partial charge in [0.15, 0.2) is 0 Å². The number of ether oxygens (including phenoxy) is 1. The number of fused-ring (bicyclic) bond motifs is 1. The van der Waals surface area contributed by atoms with E-state index < -0.39 is 0 Å². The van der Waals surface area contributed by atoms with Crippen LogP contribution in [0.15, 0.2) is 36.4 Å². The lowest BCUT2D eigenvalue weighted by atomic mass is 10.1. The smallest absolute Gasteiger partial charge is 0.125 e. The first-order valence-corrected chi connectivity index (χ1v) is 6.95. The fourth-order valence-corrected chi connectivity index (χ4v) is 2.60. The summed E-state index contributed by atoms with van der Waals surface area (Å²) in [4.78, 5) is 0. The van der Waals surface area contributed by atoms with Gasteiger partial charge in [0.1, 0.15) is 17.7 Å². The molecule has 0 saturated heterocycles. The van der Waals surface area contributed by atoms with E-state index in [1.807, 2.05) is 12.1 Å². The van der Waals surface area contributed by atoms with Gasteiger partial charge in [-0.2, -0.15) is 0 Å². The Morgan fingerprint density at radius 3 is 3.00 bits per heavy atom. The first-order valence-electron chi connectivity index (χ1n) is 6.57. The summed E-state index contributed by atoms with van der Waals surface area (Å²) < 4.78 is 19.0. The van der Waals surface area contributed by atoms with Gasteiger partial charge in [0.2, 0.25) is 0 Å². The van der Waals surface area contributed by atoms with E-state index >= 15 is 0 Å². The van der Waals surface area contributed by atoms with Crippen LogP contribution in [0.2, 0.25) is 5.02 Å². The second-order valence-corrected chi connectivity index (χ2v) is 5.47. The van der Waals surface area contributed by atoms with Crippen LogP contribution in [0, 0.1) is 12.7 Å². The Hall–Kier alpha value is -1.74. The monoisotopic (exact) mass is 291 g/mol. The number of nitrogens with one attached hydrogen (secondary N) is 1. The van der Waals surface area contributed by atoms with Crippen LogP contribution < -0.4 is 10.1 Å². The van der Waals surface area contributed by atoms with Gasteiger partial charge in [0, 0.05) is 6.42 Å². The summed E-state index contributed by atoms with van der Waals surface area (Å²) in [6.07, 6.45) is 0.905. The number of benzene rings is 2. The molecular weight excluding hydrogens is 277 g/mol. The van der Waals surface area contributed by atoms with Crippen LogP contribution in [0.3, 0.4) is 0 Å². The SMILES string of the molecule is Cc1ccc2c(c1)CC(CNc1cc(F)ccc1Cl)O2. The molecule has 1 heterocycles. The summed E-state index contributed by atoms with van der Waals surface area (Å²) in [5.74, 6) is 0.635. The van der Waals surface area contributed by atoms with Gasteiger partial charge in [-0.25, -0.2) is 4.39 Å². The summed E-state index contributed by atoms with van der Waals surface area (Å²) in [5.41, 5.74) is 3.05. The predicted octanol–water partition coefficient (Wildman–Crippen LogP) is 4.20. The zero-order valence-electron chi connectivity index (χ0n) is 11.1. The molecule has 2 nitrogen and oxygen atoms in total. The van der Waals surface area contributed by atoms with Crippen molar-refractivity contribution >= 4 is 17.3 Å². The third-order valence-corrected chi connectivity index (χ3v) is 3.74. The number of rotatable bonds is 3. The number of aryl methyl sites for hydroxylation is 1. The number of anilines is 1. The Kier molecular flexibility index (Phi) is 3.53. The van der Waals surface area contributed by atoms with Gasteiger partial charge < -0.3 is 10.1 Å². The summed E-state index contributed by atoms with van der Waals surface area (Å²) >= 11 is 6.02. The highest BCUT2D eigenvalue weighted by Gasteiger charge is 2.22. The van der Waals surface area contributed by atoms with Crippen molar-refractivity contribution in [3.63, 3.8) is 0 Å². The Morgan fingerprint density at radius 2 is 2.15 bits per heavy atom. The fourth-order valence-electron chi connectivity index (χ4n) is 2.42. The Labute approximate surface area is 122 Å². The minimum atomic E-state index is -0.303. The van der Waals surface area contributed by atoms with E-state index in [0.717, 1.165) is 12.2 Å². The maximum atomic E-state index is 13.2. The maximum Gasteiger partial charge on any atom is 0.125 e. The van der Waals surface area contributed by atoms with Gasteiger partial charge in [-0.3, -0.25) is 0 Å². The number of hydrogen-bond donors (Lipinski definition) is 1. The molecule has 0 amide bonds. The molecule has 1 atom stereocenters. The molecule has 0 bridgehead atoms. The van der Waals surface area contributed by atoms with E-state index in [1.54, 1.807) is 6.07 Å². The van der Waals surface area contributed by atoms with E-state index in [9.17, 15) is 4.39 Å². The first-order chi connectivity index (χ1) is 9.61. The molecule has 104 valence electrons. The second kappa shape index (κ2) is 5.33. The van der Waals surface area contributed by atoms with E-state index in [0.29, 0.717) is 17.3 Å². The molecule has 2 aromatic carbocycles. The van der Waals surface area contributed by atoms with Gasteiger partial charge in [-0.15, -0.1) is 0 Å². The Balaban J connectivity index is 1.65. The third kappa shape index (κ3) is 2.73. The topological polar surface area (TPSA) is 21.3 Å². The molecule has 0 aliphatic carbocycles. The molecule has 20 heavy (non-hydrogen) atoms. The van der Waals surface area contributed by atoms with Crippen molar-refractivity contribution in [1.82, 2.24) is 0 Å². The summed E-state index contributed by atoms with van der Waals surface area (Å²) in [6.45, 7) is 2.66. The molecule has 1 unspecified atom stereocenters. The molecule has 1 aliphatic heterocycles. The van der Waals surface area contributed by atoms with Crippen LogP contribution in [0.5, 0.6) is 5.75 Å². The lowest BCUT2D eigenvalue weighted by Crippen LogP contribution is -2.24. The van der Waals surface area contributed by atoms with Gasteiger partial charge >= 0.3 is 0 Å². The van der Waals surface area contributed by atoms with Crippen molar-refractivity contribution in [3.05, 3.63) is 58.4 Å². The summed E-state index contributed by atoms with van der Waals surface area (Å²) in [6, 6.07) is 10.5.